The lowest BCUT2D eigenvalue weighted by Crippen LogP contribution is -2.27. The van der Waals surface area contributed by atoms with Crippen LogP contribution in [0.2, 0.25) is 0 Å². The number of halogens is 2. The predicted molar refractivity (Wildman–Crippen MR) is 87.4 cm³/mol. The minimum Gasteiger partial charge on any atom is -0.345 e. The third-order valence-corrected chi connectivity index (χ3v) is 4.59. The van der Waals surface area contributed by atoms with Crippen LogP contribution in [0.5, 0.6) is 0 Å². The van der Waals surface area contributed by atoms with E-state index in [9.17, 15) is 13.6 Å². The number of amides is 1. The van der Waals surface area contributed by atoms with Crippen LogP contribution in [0.4, 0.5) is 20.2 Å². The van der Waals surface area contributed by atoms with Crippen molar-refractivity contribution in [2.45, 2.75) is 26.2 Å². The van der Waals surface area contributed by atoms with Gasteiger partial charge in [0.25, 0.3) is 0 Å². The average Bonchev–Trinajstić information content (AvgIpc) is 2.92. The average molecular weight is 318 g/mol. The third-order valence-electron chi connectivity index (χ3n) is 4.59. The fourth-order valence-electron chi connectivity index (χ4n) is 3.07. The molecule has 122 valence electrons. The van der Waals surface area contributed by atoms with Crippen molar-refractivity contribution >= 4 is 17.3 Å². The molecule has 2 aliphatic heterocycles. The molecule has 1 saturated heterocycles. The Morgan fingerprint density at radius 3 is 2.57 bits per heavy atom. The van der Waals surface area contributed by atoms with E-state index in [-0.39, 0.29) is 23.2 Å². The molecule has 3 rings (SSSR count). The minimum absolute atomic E-state index is 0.0394. The second-order valence-corrected chi connectivity index (χ2v) is 6.13. The van der Waals surface area contributed by atoms with E-state index in [1.807, 2.05) is 6.92 Å². The summed E-state index contributed by atoms with van der Waals surface area (Å²) in [5.41, 5.74) is 1.19. The molecule has 2 aliphatic rings. The van der Waals surface area contributed by atoms with Gasteiger partial charge in [-0.05, 0) is 30.5 Å². The number of benzene rings is 1. The van der Waals surface area contributed by atoms with Gasteiger partial charge in [-0.25, -0.2) is 8.78 Å². The minimum atomic E-state index is -0.953. The standard InChI is InChI=1S/C18H20F2N2O/c1-3-13-10-16(23)22(11-13)15-5-4-14(17(19)18(15)20)21-8-6-12(2)7-9-21/h4-6,8,13H,2-3,7,9-11H2,1H3. The number of allylic oxidation sites excluding steroid dienone is 1. The van der Waals surface area contributed by atoms with E-state index in [1.54, 1.807) is 23.2 Å². The Morgan fingerprint density at radius 1 is 1.26 bits per heavy atom. The van der Waals surface area contributed by atoms with Crippen molar-refractivity contribution in [3.05, 3.63) is 48.2 Å². The highest BCUT2D eigenvalue weighted by molar-refractivity contribution is 5.96. The van der Waals surface area contributed by atoms with E-state index in [1.165, 1.54) is 11.0 Å². The van der Waals surface area contributed by atoms with Crippen LogP contribution in [-0.4, -0.2) is 19.0 Å². The van der Waals surface area contributed by atoms with E-state index in [2.05, 4.69) is 6.58 Å². The smallest absolute Gasteiger partial charge is 0.227 e. The lowest BCUT2D eigenvalue weighted by atomic mass is 10.1. The quantitative estimate of drug-likeness (QED) is 0.841. The van der Waals surface area contributed by atoms with Crippen LogP contribution in [0.1, 0.15) is 26.2 Å². The maximum atomic E-state index is 14.5. The first-order valence-electron chi connectivity index (χ1n) is 7.92. The van der Waals surface area contributed by atoms with Gasteiger partial charge in [0.2, 0.25) is 5.91 Å². The molecule has 5 heteroatoms. The zero-order valence-corrected chi connectivity index (χ0v) is 13.2. The zero-order valence-electron chi connectivity index (χ0n) is 13.2. The first-order valence-corrected chi connectivity index (χ1v) is 7.92. The summed E-state index contributed by atoms with van der Waals surface area (Å²) >= 11 is 0. The van der Waals surface area contributed by atoms with Gasteiger partial charge < -0.3 is 9.80 Å². The summed E-state index contributed by atoms with van der Waals surface area (Å²) in [5, 5.41) is 0. The SMILES string of the molecule is C=C1C=CN(c2ccc(N3CC(CC)CC3=O)c(F)c2F)CC1. The third kappa shape index (κ3) is 2.87. The fraction of sp³-hybridized carbons (Fsp3) is 0.389. The Balaban J connectivity index is 1.91. The highest BCUT2D eigenvalue weighted by Crippen LogP contribution is 2.34. The largest absolute Gasteiger partial charge is 0.345 e. The Kier molecular flexibility index (Phi) is 4.20. The van der Waals surface area contributed by atoms with Crippen molar-refractivity contribution < 1.29 is 13.6 Å². The molecule has 3 nitrogen and oxygen atoms in total. The topological polar surface area (TPSA) is 23.6 Å². The molecule has 1 atom stereocenters. The molecule has 0 bridgehead atoms. The predicted octanol–water partition coefficient (Wildman–Crippen LogP) is 4.01. The van der Waals surface area contributed by atoms with E-state index < -0.39 is 11.6 Å². The highest BCUT2D eigenvalue weighted by atomic mass is 19.2. The number of hydrogen-bond acceptors (Lipinski definition) is 2. The van der Waals surface area contributed by atoms with Crippen molar-refractivity contribution in [1.82, 2.24) is 0 Å². The highest BCUT2D eigenvalue weighted by Gasteiger charge is 2.32. The summed E-state index contributed by atoms with van der Waals surface area (Å²) in [6.07, 6.45) is 5.47. The molecule has 1 aromatic rings. The number of carbonyl (C=O) groups is 1. The summed E-state index contributed by atoms with van der Waals surface area (Å²) in [6, 6.07) is 3.04. The molecular formula is C18H20F2N2O. The van der Waals surface area contributed by atoms with Gasteiger partial charge in [-0.15, -0.1) is 0 Å². The van der Waals surface area contributed by atoms with Crippen LogP contribution in [0.25, 0.3) is 0 Å². The first-order chi connectivity index (χ1) is 11.0. The van der Waals surface area contributed by atoms with E-state index in [4.69, 9.17) is 0 Å². The summed E-state index contributed by atoms with van der Waals surface area (Å²) < 4.78 is 29.0. The molecule has 0 aliphatic carbocycles. The van der Waals surface area contributed by atoms with Gasteiger partial charge in [0.15, 0.2) is 11.6 Å². The monoisotopic (exact) mass is 318 g/mol. The van der Waals surface area contributed by atoms with Gasteiger partial charge in [-0.1, -0.05) is 25.5 Å². The van der Waals surface area contributed by atoms with Crippen LogP contribution in [0.15, 0.2) is 36.6 Å². The number of carbonyl (C=O) groups excluding carboxylic acids is 1. The molecule has 0 saturated carbocycles. The molecule has 2 heterocycles. The second kappa shape index (κ2) is 6.14. The van der Waals surface area contributed by atoms with Crippen molar-refractivity contribution in [2.75, 3.05) is 22.9 Å². The summed E-state index contributed by atoms with van der Waals surface area (Å²) in [5.74, 6) is -1.80. The molecule has 0 aromatic heterocycles. The van der Waals surface area contributed by atoms with Crippen LogP contribution in [0, 0.1) is 17.6 Å². The molecular weight excluding hydrogens is 298 g/mol. The van der Waals surface area contributed by atoms with Crippen molar-refractivity contribution in [1.29, 1.82) is 0 Å². The summed E-state index contributed by atoms with van der Waals surface area (Å²) in [6.45, 7) is 6.86. The molecule has 0 spiro atoms. The molecule has 23 heavy (non-hydrogen) atoms. The summed E-state index contributed by atoms with van der Waals surface area (Å²) in [4.78, 5) is 15.1. The van der Waals surface area contributed by atoms with Gasteiger partial charge >= 0.3 is 0 Å². The van der Waals surface area contributed by atoms with E-state index >= 15 is 0 Å². The Morgan fingerprint density at radius 2 is 1.96 bits per heavy atom. The number of rotatable bonds is 3. The molecule has 1 aromatic carbocycles. The van der Waals surface area contributed by atoms with Gasteiger partial charge in [-0.2, -0.15) is 0 Å². The number of hydrogen-bond donors (Lipinski definition) is 0. The fourth-order valence-corrected chi connectivity index (χ4v) is 3.07. The van der Waals surface area contributed by atoms with Gasteiger partial charge in [0.1, 0.15) is 0 Å². The second-order valence-electron chi connectivity index (χ2n) is 6.13. The van der Waals surface area contributed by atoms with E-state index in [0.29, 0.717) is 25.9 Å². The van der Waals surface area contributed by atoms with Gasteiger partial charge in [-0.3, -0.25) is 4.79 Å². The molecule has 0 radical (unpaired) electrons. The zero-order chi connectivity index (χ0) is 16.6. The van der Waals surface area contributed by atoms with Crippen LogP contribution in [-0.2, 0) is 4.79 Å². The molecule has 0 N–H and O–H groups in total. The summed E-state index contributed by atoms with van der Waals surface area (Å²) in [7, 11) is 0. The normalized spacial score (nSPS) is 21.4. The molecule has 1 fully saturated rings. The Hall–Kier alpha value is -2.17. The van der Waals surface area contributed by atoms with Crippen LogP contribution >= 0.6 is 0 Å². The van der Waals surface area contributed by atoms with Crippen LogP contribution in [0.3, 0.4) is 0 Å². The first kappa shape index (κ1) is 15.7. The number of nitrogens with zero attached hydrogens (tertiary/aromatic N) is 2. The van der Waals surface area contributed by atoms with Gasteiger partial charge in [0, 0.05) is 25.7 Å². The Bertz CT molecular complexity index is 684. The maximum absolute atomic E-state index is 14.5. The number of anilines is 2. The van der Waals surface area contributed by atoms with Crippen molar-refractivity contribution in [3.63, 3.8) is 0 Å². The lowest BCUT2D eigenvalue weighted by molar-refractivity contribution is -0.117. The molecule has 1 amide bonds. The van der Waals surface area contributed by atoms with Crippen LogP contribution < -0.4 is 9.80 Å². The van der Waals surface area contributed by atoms with E-state index in [0.717, 1.165) is 12.0 Å². The molecule has 1 unspecified atom stereocenters. The Labute approximate surface area is 134 Å². The maximum Gasteiger partial charge on any atom is 0.227 e. The van der Waals surface area contributed by atoms with Crippen molar-refractivity contribution in [3.8, 4) is 0 Å². The van der Waals surface area contributed by atoms with Gasteiger partial charge in [0.05, 0.1) is 11.4 Å². The lowest BCUT2D eigenvalue weighted by Gasteiger charge is -2.26. The van der Waals surface area contributed by atoms with Crippen molar-refractivity contribution in [2.24, 2.45) is 5.92 Å².